The minimum absolute atomic E-state index is 0.0287. The van der Waals surface area contributed by atoms with Crippen molar-refractivity contribution in [3.63, 3.8) is 0 Å². The Morgan fingerprint density at radius 1 is 1.23 bits per heavy atom. The summed E-state index contributed by atoms with van der Waals surface area (Å²) in [7, 11) is 2.03. The summed E-state index contributed by atoms with van der Waals surface area (Å²) >= 11 is 0. The highest BCUT2D eigenvalue weighted by Gasteiger charge is 2.34. The zero-order chi connectivity index (χ0) is 15.6. The molecule has 2 N–H and O–H groups in total. The number of aliphatic imine (C=N–C) groups is 1. The fourth-order valence-corrected chi connectivity index (χ4v) is 3.56. The van der Waals surface area contributed by atoms with Gasteiger partial charge >= 0.3 is 0 Å². The van der Waals surface area contributed by atoms with E-state index in [0.29, 0.717) is 18.5 Å². The van der Waals surface area contributed by atoms with Crippen molar-refractivity contribution in [3.8, 4) is 0 Å². The van der Waals surface area contributed by atoms with Gasteiger partial charge in [-0.2, -0.15) is 0 Å². The van der Waals surface area contributed by atoms with Crippen LogP contribution in [0.4, 0.5) is 4.39 Å². The molecule has 120 valence electrons. The van der Waals surface area contributed by atoms with Crippen LogP contribution in [-0.2, 0) is 5.41 Å². The van der Waals surface area contributed by atoms with Crippen LogP contribution in [0.1, 0.15) is 50.5 Å². The van der Waals surface area contributed by atoms with E-state index in [1.165, 1.54) is 37.7 Å². The monoisotopic (exact) mass is 303 g/mol. The first kappa shape index (κ1) is 15.3. The molecule has 0 radical (unpaired) electrons. The molecule has 1 aromatic carbocycles. The van der Waals surface area contributed by atoms with E-state index >= 15 is 0 Å². The fourth-order valence-electron chi connectivity index (χ4n) is 3.56. The maximum Gasteiger partial charge on any atom is 0.191 e. The predicted molar refractivity (Wildman–Crippen MR) is 88.4 cm³/mol. The van der Waals surface area contributed by atoms with E-state index in [4.69, 9.17) is 10.7 Å². The number of rotatable bonds is 4. The third-order valence-electron chi connectivity index (χ3n) is 5.27. The molecule has 0 bridgehead atoms. The van der Waals surface area contributed by atoms with E-state index < -0.39 is 0 Å². The van der Waals surface area contributed by atoms with Gasteiger partial charge in [-0.15, -0.1) is 0 Å². The number of guanidine groups is 1. The third kappa shape index (κ3) is 3.26. The average molecular weight is 303 g/mol. The standard InChI is InChI=1S/C18H26FN3/c1-22(16-9-10-16)17(20)21-13-18(11-3-2-4-12-18)14-5-7-15(19)8-6-14/h5-8,16H,2-4,9-13H2,1H3,(H2,20,21). The highest BCUT2D eigenvalue weighted by atomic mass is 19.1. The van der Waals surface area contributed by atoms with Gasteiger partial charge in [-0.25, -0.2) is 4.39 Å². The SMILES string of the molecule is CN(C(N)=NCC1(c2ccc(F)cc2)CCCCC1)C1CC1. The van der Waals surface area contributed by atoms with Gasteiger partial charge < -0.3 is 10.6 Å². The van der Waals surface area contributed by atoms with E-state index in [1.807, 2.05) is 19.2 Å². The zero-order valence-corrected chi connectivity index (χ0v) is 13.4. The topological polar surface area (TPSA) is 41.6 Å². The molecule has 2 aliphatic carbocycles. The number of nitrogens with zero attached hydrogens (tertiary/aromatic N) is 2. The summed E-state index contributed by atoms with van der Waals surface area (Å²) in [5, 5.41) is 0. The van der Waals surface area contributed by atoms with Gasteiger partial charge in [-0.1, -0.05) is 31.4 Å². The lowest BCUT2D eigenvalue weighted by molar-refractivity contribution is 0.300. The lowest BCUT2D eigenvalue weighted by Gasteiger charge is -2.37. The van der Waals surface area contributed by atoms with E-state index in [1.54, 1.807) is 12.1 Å². The van der Waals surface area contributed by atoms with Gasteiger partial charge in [0, 0.05) is 18.5 Å². The van der Waals surface area contributed by atoms with Crippen molar-refractivity contribution in [1.82, 2.24) is 4.90 Å². The molecule has 0 aromatic heterocycles. The molecule has 0 spiro atoms. The lowest BCUT2D eigenvalue weighted by atomic mass is 9.69. The molecule has 2 saturated carbocycles. The summed E-state index contributed by atoms with van der Waals surface area (Å²) in [5.74, 6) is 0.473. The van der Waals surface area contributed by atoms with E-state index in [2.05, 4.69) is 4.90 Å². The first-order valence-corrected chi connectivity index (χ1v) is 8.40. The van der Waals surface area contributed by atoms with Gasteiger partial charge in [-0.3, -0.25) is 4.99 Å². The van der Waals surface area contributed by atoms with Crippen molar-refractivity contribution >= 4 is 5.96 Å². The molecule has 2 aliphatic rings. The van der Waals surface area contributed by atoms with Gasteiger partial charge in [0.2, 0.25) is 0 Å². The Balaban J connectivity index is 1.79. The highest BCUT2D eigenvalue weighted by Crippen LogP contribution is 2.40. The molecule has 1 aromatic rings. The van der Waals surface area contributed by atoms with Crippen LogP contribution in [0.2, 0.25) is 0 Å². The second kappa shape index (κ2) is 6.27. The first-order valence-electron chi connectivity index (χ1n) is 8.40. The molecule has 3 nitrogen and oxygen atoms in total. The Morgan fingerprint density at radius 3 is 2.45 bits per heavy atom. The third-order valence-corrected chi connectivity index (χ3v) is 5.27. The first-order chi connectivity index (χ1) is 10.6. The average Bonchev–Trinajstić information content (AvgIpc) is 3.38. The Kier molecular flexibility index (Phi) is 4.37. The Morgan fingerprint density at radius 2 is 1.86 bits per heavy atom. The molecule has 0 heterocycles. The number of hydrogen-bond acceptors (Lipinski definition) is 1. The molecule has 4 heteroatoms. The van der Waals surface area contributed by atoms with E-state index in [9.17, 15) is 4.39 Å². The van der Waals surface area contributed by atoms with Gasteiger partial charge in [0.05, 0.1) is 6.54 Å². The fraction of sp³-hybridized carbons (Fsp3) is 0.611. The van der Waals surface area contributed by atoms with E-state index in [0.717, 1.165) is 12.8 Å². The predicted octanol–water partition coefficient (Wildman–Crippen LogP) is 3.44. The second-order valence-corrected chi connectivity index (χ2v) is 6.86. The normalized spacial score (nSPS) is 21.6. The molecular weight excluding hydrogens is 277 g/mol. The summed E-state index contributed by atoms with van der Waals surface area (Å²) in [6.45, 7) is 0.710. The highest BCUT2D eigenvalue weighted by molar-refractivity contribution is 5.78. The zero-order valence-electron chi connectivity index (χ0n) is 13.4. The van der Waals surface area contributed by atoms with Crippen molar-refractivity contribution in [2.75, 3.05) is 13.6 Å². The number of hydrogen-bond donors (Lipinski definition) is 1. The second-order valence-electron chi connectivity index (χ2n) is 6.86. The Labute approximate surface area is 132 Å². The van der Waals surface area contributed by atoms with Crippen LogP contribution >= 0.6 is 0 Å². The van der Waals surface area contributed by atoms with Gasteiger partial charge in [0.25, 0.3) is 0 Å². The molecule has 0 amide bonds. The molecule has 0 unspecified atom stereocenters. The lowest BCUT2D eigenvalue weighted by Crippen LogP contribution is -2.38. The Bertz CT molecular complexity index is 528. The van der Waals surface area contributed by atoms with Crippen LogP contribution < -0.4 is 5.73 Å². The van der Waals surface area contributed by atoms with Crippen LogP contribution in [0.25, 0.3) is 0 Å². The van der Waals surface area contributed by atoms with Crippen molar-refractivity contribution < 1.29 is 4.39 Å². The van der Waals surface area contributed by atoms with Crippen LogP contribution in [-0.4, -0.2) is 30.5 Å². The minimum atomic E-state index is -0.175. The smallest absolute Gasteiger partial charge is 0.191 e. The maximum absolute atomic E-state index is 13.2. The summed E-state index contributed by atoms with van der Waals surface area (Å²) in [6.07, 6.45) is 8.37. The van der Waals surface area contributed by atoms with Gasteiger partial charge in [-0.05, 0) is 43.4 Å². The largest absolute Gasteiger partial charge is 0.370 e. The van der Waals surface area contributed by atoms with Crippen molar-refractivity contribution in [3.05, 3.63) is 35.6 Å². The molecular formula is C18H26FN3. The minimum Gasteiger partial charge on any atom is -0.370 e. The number of nitrogens with two attached hydrogens (primary N) is 1. The molecule has 2 fully saturated rings. The Hall–Kier alpha value is -1.58. The van der Waals surface area contributed by atoms with Gasteiger partial charge in [0.1, 0.15) is 5.82 Å². The maximum atomic E-state index is 13.2. The number of halogens is 1. The van der Waals surface area contributed by atoms with E-state index in [-0.39, 0.29) is 11.2 Å². The summed E-state index contributed by atoms with van der Waals surface area (Å²) < 4.78 is 13.2. The molecule has 0 atom stereocenters. The summed E-state index contributed by atoms with van der Waals surface area (Å²) in [6, 6.07) is 7.56. The molecule has 0 saturated heterocycles. The van der Waals surface area contributed by atoms with Crippen LogP contribution in [0.15, 0.2) is 29.3 Å². The van der Waals surface area contributed by atoms with Gasteiger partial charge in [0.15, 0.2) is 5.96 Å². The molecule has 0 aliphatic heterocycles. The van der Waals surface area contributed by atoms with Crippen molar-refractivity contribution in [2.45, 2.75) is 56.4 Å². The molecule has 22 heavy (non-hydrogen) atoms. The quantitative estimate of drug-likeness (QED) is 0.684. The molecule has 3 rings (SSSR count). The van der Waals surface area contributed by atoms with Crippen molar-refractivity contribution in [1.29, 1.82) is 0 Å². The number of benzene rings is 1. The van der Waals surface area contributed by atoms with Crippen LogP contribution in [0, 0.1) is 5.82 Å². The van der Waals surface area contributed by atoms with Crippen LogP contribution in [0.3, 0.4) is 0 Å². The summed E-state index contributed by atoms with van der Waals surface area (Å²) in [4.78, 5) is 6.80. The van der Waals surface area contributed by atoms with Crippen molar-refractivity contribution in [2.24, 2.45) is 10.7 Å². The van der Waals surface area contributed by atoms with Crippen LogP contribution in [0.5, 0.6) is 0 Å². The summed E-state index contributed by atoms with van der Waals surface area (Å²) in [5.41, 5.74) is 7.39.